The number of rotatable bonds is 3. The van der Waals surface area contributed by atoms with Crippen molar-refractivity contribution in [2.24, 2.45) is 5.41 Å². The van der Waals surface area contributed by atoms with Crippen molar-refractivity contribution in [3.63, 3.8) is 0 Å². The Labute approximate surface area is 80.6 Å². The normalized spacial score (nSPS) is 12.8. The molecule has 0 bridgehead atoms. The van der Waals surface area contributed by atoms with E-state index in [2.05, 4.69) is 31.6 Å². The SMILES string of the molecule is CNNC(=O)C(C)=CCC(C)(C)C. The summed E-state index contributed by atoms with van der Waals surface area (Å²) < 4.78 is 0. The fraction of sp³-hybridized carbons (Fsp3) is 0.700. The lowest BCUT2D eigenvalue weighted by atomic mass is 9.91. The second-order valence-corrected chi connectivity index (χ2v) is 4.36. The van der Waals surface area contributed by atoms with Crippen molar-refractivity contribution in [3.05, 3.63) is 11.6 Å². The van der Waals surface area contributed by atoms with Crippen molar-refractivity contribution < 1.29 is 4.79 Å². The number of carbonyl (C=O) groups excluding carboxylic acids is 1. The van der Waals surface area contributed by atoms with Gasteiger partial charge in [0.15, 0.2) is 0 Å². The summed E-state index contributed by atoms with van der Waals surface area (Å²) >= 11 is 0. The van der Waals surface area contributed by atoms with Gasteiger partial charge in [0, 0.05) is 12.6 Å². The van der Waals surface area contributed by atoms with Gasteiger partial charge in [-0.1, -0.05) is 26.8 Å². The number of allylic oxidation sites excluding steroid dienone is 1. The maximum absolute atomic E-state index is 11.2. The first kappa shape index (κ1) is 12.2. The Balaban J connectivity index is 4.09. The van der Waals surface area contributed by atoms with E-state index in [1.54, 1.807) is 7.05 Å². The van der Waals surface area contributed by atoms with Crippen LogP contribution in [0.15, 0.2) is 11.6 Å². The third kappa shape index (κ3) is 6.34. The Kier molecular flexibility index (Phi) is 4.70. The third-order valence-corrected chi connectivity index (χ3v) is 1.62. The minimum absolute atomic E-state index is 0.0632. The van der Waals surface area contributed by atoms with Crippen molar-refractivity contribution in [1.82, 2.24) is 10.9 Å². The van der Waals surface area contributed by atoms with E-state index in [9.17, 15) is 4.79 Å². The lowest BCUT2D eigenvalue weighted by Gasteiger charge is -2.15. The quantitative estimate of drug-likeness (QED) is 0.517. The average molecular weight is 184 g/mol. The molecule has 2 N–H and O–H groups in total. The number of amides is 1. The zero-order valence-electron chi connectivity index (χ0n) is 9.19. The summed E-state index contributed by atoms with van der Waals surface area (Å²) in [5.74, 6) is -0.0632. The largest absolute Gasteiger partial charge is 0.288 e. The molecule has 0 spiro atoms. The summed E-state index contributed by atoms with van der Waals surface area (Å²) in [6.45, 7) is 8.25. The predicted octanol–water partition coefficient (Wildman–Crippen LogP) is 1.62. The molecule has 0 heterocycles. The van der Waals surface area contributed by atoms with Gasteiger partial charge in [0.2, 0.25) is 0 Å². The number of nitrogens with one attached hydrogen (secondary N) is 2. The Morgan fingerprint density at radius 1 is 1.38 bits per heavy atom. The van der Waals surface area contributed by atoms with Gasteiger partial charge in [-0.05, 0) is 18.8 Å². The van der Waals surface area contributed by atoms with Crippen LogP contribution in [0.1, 0.15) is 34.1 Å². The van der Waals surface area contributed by atoms with Crippen LogP contribution in [0.5, 0.6) is 0 Å². The smallest absolute Gasteiger partial charge is 0.260 e. The topological polar surface area (TPSA) is 41.1 Å². The highest BCUT2D eigenvalue weighted by Gasteiger charge is 2.09. The number of hydrogen-bond acceptors (Lipinski definition) is 2. The van der Waals surface area contributed by atoms with Crippen LogP contribution in [0.3, 0.4) is 0 Å². The zero-order valence-corrected chi connectivity index (χ0v) is 9.19. The molecule has 0 aromatic heterocycles. The summed E-state index contributed by atoms with van der Waals surface area (Å²) in [5, 5.41) is 0. The first-order valence-corrected chi connectivity index (χ1v) is 4.50. The molecule has 1 amide bonds. The van der Waals surface area contributed by atoms with E-state index in [-0.39, 0.29) is 11.3 Å². The van der Waals surface area contributed by atoms with Crippen LogP contribution in [0, 0.1) is 5.41 Å². The lowest BCUT2D eigenvalue weighted by Crippen LogP contribution is -2.34. The van der Waals surface area contributed by atoms with E-state index < -0.39 is 0 Å². The second-order valence-electron chi connectivity index (χ2n) is 4.36. The fourth-order valence-electron chi connectivity index (χ4n) is 0.764. The van der Waals surface area contributed by atoms with Crippen molar-refractivity contribution in [2.45, 2.75) is 34.1 Å². The van der Waals surface area contributed by atoms with E-state index in [0.717, 1.165) is 12.0 Å². The van der Waals surface area contributed by atoms with Crippen LogP contribution >= 0.6 is 0 Å². The molecule has 0 aliphatic heterocycles. The summed E-state index contributed by atoms with van der Waals surface area (Å²) in [6.07, 6.45) is 2.88. The molecule has 76 valence electrons. The maximum atomic E-state index is 11.2. The first-order chi connectivity index (χ1) is 5.87. The number of hydrogen-bond donors (Lipinski definition) is 2. The van der Waals surface area contributed by atoms with Crippen LogP contribution in [0.4, 0.5) is 0 Å². The van der Waals surface area contributed by atoms with Gasteiger partial charge in [0.1, 0.15) is 0 Å². The molecule has 0 aliphatic carbocycles. The molecular weight excluding hydrogens is 164 g/mol. The van der Waals surface area contributed by atoms with Crippen LogP contribution in [-0.2, 0) is 4.79 Å². The van der Waals surface area contributed by atoms with Crippen molar-refractivity contribution in [2.75, 3.05) is 7.05 Å². The summed E-state index contributed by atoms with van der Waals surface area (Å²) in [7, 11) is 1.68. The van der Waals surface area contributed by atoms with Gasteiger partial charge in [0.05, 0.1) is 0 Å². The highest BCUT2D eigenvalue weighted by atomic mass is 16.2. The van der Waals surface area contributed by atoms with Gasteiger partial charge in [-0.2, -0.15) is 0 Å². The Morgan fingerprint density at radius 3 is 2.31 bits per heavy atom. The van der Waals surface area contributed by atoms with Crippen molar-refractivity contribution in [3.8, 4) is 0 Å². The summed E-state index contributed by atoms with van der Waals surface area (Å²) in [4.78, 5) is 11.2. The van der Waals surface area contributed by atoms with Gasteiger partial charge in [0.25, 0.3) is 5.91 Å². The van der Waals surface area contributed by atoms with E-state index in [1.807, 2.05) is 13.0 Å². The minimum atomic E-state index is -0.0632. The molecule has 3 heteroatoms. The molecule has 0 saturated carbocycles. The summed E-state index contributed by atoms with van der Waals surface area (Å²) in [6, 6.07) is 0. The van der Waals surface area contributed by atoms with Gasteiger partial charge in [-0.3, -0.25) is 10.2 Å². The highest BCUT2D eigenvalue weighted by molar-refractivity contribution is 5.92. The molecule has 3 nitrogen and oxygen atoms in total. The van der Waals surface area contributed by atoms with E-state index in [1.165, 1.54) is 0 Å². The minimum Gasteiger partial charge on any atom is -0.288 e. The van der Waals surface area contributed by atoms with Crippen molar-refractivity contribution >= 4 is 5.91 Å². The molecule has 0 rings (SSSR count). The highest BCUT2D eigenvalue weighted by Crippen LogP contribution is 2.19. The molecular formula is C10H20N2O. The van der Waals surface area contributed by atoms with Crippen LogP contribution in [0.2, 0.25) is 0 Å². The average Bonchev–Trinajstić information content (AvgIpc) is 1.99. The van der Waals surface area contributed by atoms with Crippen LogP contribution in [-0.4, -0.2) is 13.0 Å². The molecule has 0 unspecified atom stereocenters. The van der Waals surface area contributed by atoms with Gasteiger partial charge in [-0.15, -0.1) is 0 Å². The molecule has 13 heavy (non-hydrogen) atoms. The zero-order chi connectivity index (χ0) is 10.5. The molecule has 0 fully saturated rings. The van der Waals surface area contributed by atoms with Gasteiger partial charge < -0.3 is 0 Å². The standard InChI is InChI=1S/C10H20N2O/c1-8(9(13)12-11-5)6-7-10(2,3)4/h6,11H,7H2,1-5H3,(H,12,13). The van der Waals surface area contributed by atoms with Crippen molar-refractivity contribution in [1.29, 1.82) is 0 Å². The lowest BCUT2D eigenvalue weighted by molar-refractivity contribution is -0.118. The molecule has 0 aliphatic rings. The van der Waals surface area contributed by atoms with E-state index in [4.69, 9.17) is 0 Å². The van der Waals surface area contributed by atoms with Gasteiger partial charge >= 0.3 is 0 Å². The second kappa shape index (κ2) is 5.02. The third-order valence-electron chi connectivity index (χ3n) is 1.62. The molecule has 0 radical (unpaired) electrons. The Hall–Kier alpha value is -0.830. The van der Waals surface area contributed by atoms with Gasteiger partial charge in [-0.25, -0.2) is 5.43 Å². The summed E-state index contributed by atoms with van der Waals surface area (Å²) in [5.41, 5.74) is 6.12. The monoisotopic (exact) mass is 184 g/mol. The Morgan fingerprint density at radius 2 is 1.92 bits per heavy atom. The van der Waals surface area contributed by atoms with E-state index >= 15 is 0 Å². The molecule has 0 aromatic carbocycles. The maximum Gasteiger partial charge on any atom is 0.260 e. The fourth-order valence-corrected chi connectivity index (χ4v) is 0.764. The molecule has 0 atom stereocenters. The van der Waals surface area contributed by atoms with Crippen LogP contribution in [0.25, 0.3) is 0 Å². The number of hydrazine groups is 1. The molecule has 0 saturated heterocycles. The predicted molar refractivity (Wildman–Crippen MR) is 55.0 cm³/mol. The Bertz CT molecular complexity index is 201. The first-order valence-electron chi connectivity index (χ1n) is 4.50. The molecule has 0 aromatic rings. The number of carbonyl (C=O) groups is 1. The van der Waals surface area contributed by atoms with Crippen LogP contribution < -0.4 is 10.9 Å². The van der Waals surface area contributed by atoms with E-state index in [0.29, 0.717) is 0 Å².